The van der Waals surface area contributed by atoms with Gasteiger partial charge < -0.3 is 4.90 Å². The van der Waals surface area contributed by atoms with Gasteiger partial charge in [0.1, 0.15) is 0 Å². The first-order chi connectivity index (χ1) is 7.66. The summed E-state index contributed by atoms with van der Waals surface area (Å²) in [5.41, 5.74) is 2.84. The van der Waals surface area contributed by atoms with E-state index in [-0.39, 0.29) is 0 Å². The van der Waals surface area contributed by atoms with Crippen molar-refractivity contribution in [3.05, 3.63) is 29.8 Å². The maximum Gasteiger partial charge on any atom is 0.0366 e. The number of benzene rings is 1. The van der Waals surface area contributed by atoms with Crippen molar-refractivity contribution < 1.29 is 0 Å². The molecule has 0 amide bonds. The van der Waals surface area contributed by atoms with Gasteiger partial charge in [0.05, 0.1) is 0 Å². The molecule has 1 aliphatic rings. The summed E-state index contributed by atoms with van der Waals surface area (Å²) in [6.45, 7) is 9.30. The third-order valence-corrected chi connectivity index (χ3v) is 3.58. The first kappa shape index (κ1) is 11.5. The second-order valence-electron chi connectivity index (χ2n) is 5.44. The minimum atomic E-state index is 0.634. The third kappa shape index (κ3) is 2.58. The first-order valence-corrected chi connectivity index (χ1v) is 6.51. The van der Waals surface area contributed by atoms with E-state index in [1.807, 2.05) is 0 Å². The van der Waals surface area contributed by atoms with Crippen LogP contribution in [-0.4, -0.2) is 13.1 Å². The quantitative estimate of drug-likeness (QED) is 0.722. The van der Waals surface area contributed by atoms with Crippen molar-refractivity contribution in [1.82, 2.24) is 0 Å². The van der Waals surface area contributed by atoms with Crippen molar-refractivity contribution in [3.8, 4) is 0 Å². The molecule has 88 valence electrons. The van der Waals surface area contributed by atoms with Crippen LogP contribution in [0.3, 0.4) is 0 Å². The second-order valence-corrected chi connectivity index (χ2v) is 5.44. The number of piperidine rings is 1. The van der Waals surface area contributed by atoms with E-state index in [0.29, 0.717) is 5.92 Å². The summed E-state index contributed by atoms with van der Waals surface area (Å²) in [7, 11) is 0. The fourth-order valence-corrected chi connectivity index (χ4v) is 2.49. The van der Waals surface area contributed by atoms with Crippen LogP contribution in [0, 0.1) is 5.92 Å². The van der Waals surface area contributed by atoms with Gasteiger partial charge in [-0.15, -0.1) is 0 Å². The molecule has 0 N–H and O–H groups in total. The Morgan fingerprint density at radius 1 is 1.19 bits per heavy atom. The summed E-state index contributed by atoms with van der Waals surface area (Å²) < 4.78 is 0. The molecule has 0 unspecified atom stereocenters. The Kier molecular flexibility index (Phi) is 3.52. The van der Waals surface area contributed by atoms with E-state index in [9.17, 15) is 0 Å². The van der Waals surface area contributed by atoms with Crippen LogP contribution in [0.4, 0.5) is 5.69 Å². The largest absolute Gasteiger partial charge is 0.371 e. The molecule has 0 bridgehead atoms. The van der Waals surface area contributed by atoms with Crippen molar-refractivity contribution in [2.24, 2.45) is 5.92 Å². The Balaban J connectivity index is 2.09. The summed E-state index contributed by atoms with van der Waals surface area (Å²) in [6, 6.07) is 9.12. The highest BCUT2D eigenvalue weighted by Gasteiger charge is 2.16. The summed E-state index contributed by atoms with van der Waals surface area (Å²) >= 11 is 0. The number of hydrogen-bond acceptors (Lipinski definition) is 1. The zero-order valence-electron chi connectivity index (χ0n) is 10.7. The molecule has 2 rings (SSSR count). The van der Waals surface area contributed by atoms with Gasteiger partial charge in [0.15, 0.2) is 0 Å². The summed E-state index contributed by atoms with van der Waals surface area (Å²) in [4.78, 5) is 2.53. The minimum absolute atomic E-state index is 0.634. The standard InChI is InChI=1S/C15H23N/c1-12(2)14-6-8-15(9-7-14)16-10-4-5-13(3)11-16/h6-9,12-13H,4-5,10-11H2,1-3H3/t13-/m1/s1. The highest BCUT2D eigenvalue weighted by molar-refractivity contribution is 5.48. The maximum atomic E-state index is 2.53. The smallest absolute Gasteiger partial charge is 0.0366 e. The van der Waals surface area contributed by atoms with E-state index in [4.69, 9.17) is 0 Å². The lowest BCUT2D eigenvalue weighted by Gasteiger charge is -2.33. The monoisotopic (exact) mass is 217 g/mol. The number of hydrogen-bond donors (Lipinski definition) is 0. The number of anilines is 1. The molecule has 16 heavy (non-hydrogen) atoms. The van der Waals surface area contributed by atoms with E-state index in [1.165, 1.54) is 37.2 Å². The zero-order chi connectivity index (χ0) is 11.5. The molecule has 0 spiro atoms. The molecule has 1 nitrogen and oxygen atoms in total. The van der Waals surface area contributed by atoms with Crippen LogP contribution in [0.25, 0.3) is 0 Å². The maximum absolute atomic E-state index is 2.53. The van der Waals surface area contributed by atoms with Crippen LogP contribution < -0.4 is 4.90 Å². The van der Waals surface area contributed by atoms with Crippen molar-refractivity contribution in [1.29, 1.82) is 0 Å². The Hall–Kier alpha value is -0.980. The molecule has 0 radical (unpaired) electrons. The molecule has 1 atom stereocenters. The van der Waals surface area contributed by atoms with Gasteiger partial charge in [0.25, 0.3) is 0 Å². The predicted molar refractivity (Wildman–Crippen MR) is 71.1 cm³/mol. The summed E-state index contributed by atoms with van der Waals surface area (Å²) in [6.07, 6.45) is 2.73. The van der Waals surface area contributed by atoms with E-state index in [0.717, 1.165) is 5.92 Å². The summed E-state index contributed by atoms with van der Waals surface area (Å²) in [5, 5.41) is 0. The number of nitrogens with zero attached hydrogens (tertiary/aromatic N) is 1. The minimum Gasteiger partial charge on any atom is -0.371 e. The van der Waals surface area contributed by atoms with Gasteiger partial charge in [-0.25, -0.2) is 0 Å². The Morgan fingerprint density at radius 3 is 2.44 bits per heavy atom. The molecule has 0 aromatic heterocycles. The highest BCUT2D eigenvalue weighted by Crippen LogP contribution is 2.24. The van der Waals surface area contributed by atoms with E-state index >= 15 is 0 Å². The van der Waals surface area contributed by atoms with E-state index in [2.05, 4.69) is 49.9 Å². The molecule has 1 aromatic carbocycles. The SMILES string of the molecule is CC(C)c1ccc(N2CCC[C@@H](C)C2)cc1. The molecule has 0 aliphatic carbocycles. The normalized spacial score (nSPS) is 21.5. The van der Waals surface area contributed by atoms with Crippen LogP contribution in [-0.2, 0) is 0 Å². The van der Waals surface area contributed by atoms with Gasteiger partial charge in [0, 0.05) is 18.8 Å². The molecule has 1 aliphatic heterocycles. The fourth-order valence-electron chi connectivity index (χ4n) is 2.49. The van der Waals surface area contributed by atoms with E-state index in [1.54, 1.807) is 0 Å². The third-order valence-electron chi connectivity index (χ3n) is 3.58. The van der Waals surface area contributed by atoms with Gasteiger partial charge >= 0.3 is 0 Å². The van der Waals surface area contributed by atoms with Crippen molar-refractivity contribution in [2.45, 2.75) is 39.5 Å². The topological polar surface area (TPSA) is 3.24 Å². The Morgan fingerprint density at radius 2 is 1.88 bits per heavy atom. The second kappa shape index (κ2) is 4.90. The number of rotatable bonds is 2. The lowest BCUT2D eigenvalue weighted by atomic mass is 9.98. The Labute approximate surface area is 99.5 Å². The molecule has 1 aromatic rings. The molecular formula is C15H23N. The molecule has 1 fully saturated rings. The highest BCUT2D eigenvalue weighted by atomic mass is 15.1. The van der Waals surface area contributed by atoms with Gasteiger partial charge in [-0.3, -0.25) is 0 Å². The molecule has 1 heteroatoms. The van der Waals surface area contributed by atoms with Crippen molar-refractivity contribution in [3.63, 3.8) is 0 Å². The average molecular weight is 217 g/mol. The molecule has 1 heterocycles. The zero-order valence-corrected chi connectivity index (χ0v) is 10.7. The summed E-state index contributed by atoms with van der Waals surface area (Å²) in [5.74, 6) is 1.48. The molecular weight excluding hydrogens is 194 g/mol. The van der Waals surface area contributed by atoms with Crippen molar-refractivity contribution in [2.75, 3.05) is 18.0 Å². The van der Waals surface area contributed by atoms with Gasteiger partial charge in [-0.05, 0) is 42.4 Å². The van der Waals surface area contributed by atoms with Gasteiger partial charge in [0.2, 0.25) is 0 Å². The van der Waals surface area contributed by atoms with Crippen LogP contribution >= 0.6 is 0 Å². The lowest BCUT2D eigenvalue weighted by Crippen LogP contribution is -2.34. The van der Waals surface area contributed by atoms with Gasteiger partial charge in [-0.1, -0.05) is 32.9 Å². The van der Waals surface area contributed by atoms with Crippen molar-refractivity contribution >= 4 is 5.69 Å². The first-order valence-electron chi connectivity index (χ1n) is 6.51. The average Bonchev–Trinajstić information content (AvgIpc) is 2.29. The Bertz CT molecular complexity index is 326. The molecule has 0 saturated carbocycles. The van der Waals surface area contributed by atoms with Gasteiger partial charge in [-0.2, -0.15) is 0 Å². The lowest BCUT2D eigenvalue weighted by molar-refractivity contribution is 0.447. The van der Waals surface area contributed by atoms with Crippen LogP contribution in [0.5, 0.6) is 0 Å². The van der Waals surface area contributed by atoms with E-state index < -0.39 is 0 Å². The van der Waals surface area contributed by atoms with Crippen LogP contribution in [0.15, 0.2) is 24.3 Å². The van der Waals surface area contributed by atoms with Crippen LogP contribution in [0.2, 0.25) is 0 Å². The molecule has 1 saturated heterocycles. The fraction of sp³-hybridized carbons (Fsp3) is 0.600. The predicted octanol–water partition coefficient (Wildman–Crippen LogP) is 4.05. The van der Waals surface area contributed by atoms with Crippen LogP contribution in [0.1, 0.15) is 45.1 Å².